The number of carbonyl (C=O) groups excluding carboxylic acids is 4. The highest BCUT2D eigenvalue weighted by Crippen LogP contribution is 2.41. The van der Waals surface area contributed by atoms with E-state index >= 15 is 0 Å². The highest BCUT2D eigenvalue weighted by atomic mass is 16.7. The molecule has 2 saturated heterocycles. The first-order chi connectivity index (χ1) is 28.5. The molecule has 334 valence electrons. The van der Waals surface area contributed by atoms with Crippen LogP contribution < -0.4 is 20.1 Å². The molecule has 16 heteroatoms. The maximum atomic E-state index is 13.9. The number of hydrogen-bond donors (Lipinski definition) is 2. The van der Waals surface area contributed by atoms with E-state index in [-0.39, 0.29) is 25.0 Å². The molecule has 2 spiro atoms. The van der Waals surface area contributed by atoms with Gasteiger partial charge in [-0.1, -0.05) is 31.1 Å². The number of aryl methyl sites for hydroxylation is 4. The van der Waals surface area contributed by atoms with E-state index in [0.717, 1.165) is 56.3 Å². The zero-order valence-electron chi connectivity index (χ0n) is 38.1. The molecule has 6 rings (SSSR count). The number of esters is 2. The van der Waals surface area contributed by atoms with Gasteiger partial charge in [0.25, 0.3) is 0 Å². The number of nitrogens with zero attached hydrogens (tertiary/aromatic N) is 3. The SMILES string of the molecule is COC(=O)[C@@H]1C[C@@]2(CN1)CC(c1cc(C)c(OC)c(C)c1)=NO2.COC(=O)[C@@H]1C[C@]2(CC(c3cc(C)c(OC)c(C)c3)=NO2)CN1C(=O)[C@@H](NC(=O)OC(C)(C)C)C(C)(C)C. The van der Waals surface area contributed by atoms with Gasteiger partial charge in [-0.3, -0.25) is 9.59 Å². The van der Waals surface area contributed by atoms with Crippen LogP contribution in [0.3, 0.4) is 0 Å². The summed E-state index contributed by atoms with van der Waals surface area (Å²) in [6.45, 7) is 19.5. The largest absolute Gasteiger partial charge is 0.496 e. The van der Waals surface area contributed by atoms with E-state index in [4.69, 9.17) is 33.4 Å². The van der Waals surface area contributed by atoms with Gasteiger partial charge >= 0.3 is 18.0 Å². The Hall–Kier alpha value is -5.38. The molecular formula is C45H63N5O11. The zero-order valence-corrected chi connectivity index (χ0v) is 38.1. The van der Waals surface area contributed by atoms with Crippen LogP contribution in [0.25, 0.3) is 0 Å². The second kappa shape index (κ2) is 17.9. The Labute approximate surface area is 359 Å². The lowest BCUT2D eigenvalue weighted by molar-refractivity contribution is -0.152. The minimum atomic E-state index is -0.951. The number of likely N-dealkylation sites (tertiary alicyclic amines) is 1. The molecule has 0 bridgehead atoms. The summed E-state index contributed by atoms with van der Waals surface area (Å²) in [7, 11) is 6.00. The van der Waals surface area contributed by atoms with Crippen LogP contribution in [0, 0.1) is 33.1 Å². The van der Waals surface area contributed by atoms with Crippen molar-refractivity contribution in [3.05, 3.63) is 57.6 Å². The van der Waals surface area contributed by atoms with Crippen molar-refractivity contribution in [2.45, 2.75) is 130 Å². The second-order valence-corrected chi connectivity index (χ2v) is 18.6. The molecular weight excluding hydrogens is 787 g/mol. The fraction of sp³-hybridized carbons (Fsp3) is 0.600. The Morgan fingerprint density at radius 3 is 1.67 bits per heavy atom. The summed E-state index contributed by atoms with van der Waals surface area (Å²) in [5, 5.41) is 14.5. The molecule has 2 aromatic carbocycles. The average molecular weight is 850 g/mol. The first-order valence-electron chi connectivity index (χ1n) is 20.5. The number of alkyl carbamates (subject to hydrolysis) is 1. The number of nitrogens with one attached hydrogen (secondary N) is 2. The van der Waals surface area contributed by atoms with Gasteiger partial charge in [-0.15, -0.1) is 0 Å². The van der Waals surface area contributed by atoms with Crippen LogP contribution in [-0.2, 0) is 38.3 Å². The molecule has 61 heavy (non-hydrogen) atoms. The predicted octanol–water partition coefficient (Wildman–Crippen LogP) is 5.60. The Bertz CT molecular complexity index is 2040. The molecule has 0 aromatic heterocycles. The summed E-state index contributed by atoms with van der Waals surface area (Å²) in [6.07, 6.45) is 1.17. The van der Waals surface area contributed by atoms with E-state index < -0.39 is 52.3 Å². The number of ether oxygens (including phenoxy) is 5. The van der Waals surface area contributed by atoms with Gasteiger partial charge in [0.05, 0.1) is 46.4 Å². The normalized spacial score (nSPS) is 23.5. The number of hydrogen-bond acceptors (Lipinski definition) is 14. The molecule has 0 aliphatic carbocycles. The Balaban J connectivity index is 0.000000260. The maximum Gasteiger partial charge on any atom is 0.408 e. The van der Waals surface area contributed by atoms with Gasteiger partial charge in [-0.25, -0.2) is 9.59 Å². The van der Waals surface area contributed by atoms with Gasteiger partial charge in [-0.2, -0.15) is 0 Å². The molecule has 5 atom stereocenters. The minimum absolute atomic E-state index is 0.120. The number of rotatable bonds is 8. The fourth-order valence-corrected chi connectivity index (χ4v) is 8.53. The van der Waals surface area contributed by atoms with Crippen molar-refractivity contribution >= 4 is 35.4 Å². The number of benzene rings is 2. The topological polar surface area (TPSA) is 185 Å². The van der Waals surface area contributed by atoms with Crippen molar-refractivity contribution in [2.75, 3.05) is 41.5 Å². The van der Waals surface area contributed by atoms with Crippen LogP contribution in [-0.4, -0.2) is 117 Å². The van der Waals surface area contributed by atoms with E-state index in [0.29, 0.717) is 25.8 Å². The summed E-state index contributed by atoms with van der Waals surface area (Å²) in [5.74, 6) is 0.501. The standard InChI is InChI=1S/C28H41N3O7.C17H22N2O4/c1-16-11-18(12-17(2)21(16)35-9)19-13-28(38-30-19)14-20(24(33)36-10)31(15-28)23(32)22(26(3,4)5)29-25(34)37-27(6,7)8;1-10-5-12(6-11(2)15(10)21-3)13-7-17(23-19-13)8-14(18-9-17)16(20)22-4/h11-12,20,22H,13-15H2,1-10H3,(H,29,34);5-6,14,18H,7-9H2,1-4H3/t20-,22+,28+;14-,17+/m00/s1. The third kappa shape index (κ3) is 10.4. The molecule has 4 aliphatic heterocycles. The van der Waals surface area contributed by atoms with Crippen LogP contribution in [0.4, 0.5) is 4.79 Å². The van der Waals surface area contributed by atoms with Crippen molar-refractivity contribution in [3.8, 4) is 11.5 Å². The van der Waals surface area contributed by atoms with Crippen LogP contribution in [0.5, 0.6) is 11.5 Å². The predicted molar refractivity (Wildman–Crippen MR) is 228 cm³/mol. The van der Waals surface area contributed by atoms with Gasteiger partial charge in [0, 0.05) is 43.4 Å². The summed E-state index contributed by atoms with van der Waals surface area (Å²) in [5.41, 5.74) is 4.94. The quantitative estimate of drug-likeness (QED) is 0.248. The lowest BCUT2D eigenvalue weighted by Gasteiger charge is -2.35. The maximum absolute atomic E-state index is 13.9. The number of carbonyl (C=O) groups is 4. The molecule has 0 unspecified atom stereocenters. The van der Waals surface area contributed by atoms with E-state index in [9.17, 15) is 19.2 Å². The van der Waals surface area contributed by atoms with Crippen LogP contribution in [0.1, 0.15) is 101 Å². The van der Waals surface area contributed by atoms with Crippen LogP contribution >= 0.6 is 0 Å². The van der Waals surface area contributed by atoms with Gasteiger partial charge in [0.1, 0.15) is 35.2 Å². The Kier molecular flexibility index (Phi) is 13.7. The molecule has 2 fully saturated rings. The third-order valence-corrected chi connectivity index (χ3v) is 11.3. The Morgan fingerprint density at radius 1 is 0.754 bits per heavy atom. The molecule has 16 nitrogen and oxygen atoms in total. The molecule has 4 aliphatic rings. The van der Waals surface area contributed by atoms with Crippen molar-refractivity contribution in [2.24, 2.45) is 15.7 Å². The second-order valence-electron chi connectivity index (χ2n) is 18.6. The van der Waals surface area contributed by atoms with E-state index in [1.807, 2.05) is 60.6 Å². The van der Waals surface area contributed by atoms with Crippen molar-refractivity contribution in [1.29, 1.82) is 0 Å². The van der Waals surface area contributed by atoms with Crippen LogP contribution in [0.15, 0.2) is 34.6 Å². The lowest BCUT2D eigenvalue weighted by atomic mass is 9.85. The summed E-state index contributed by atoms with van der Waals surface area (Å²) in [4.78, 5) is 64.2. The first-order valence-corrected chi connectivity index (χ1v) is 20.5. The number of methoxy groups -OCH3 is 4. The smallest absolute Gasteiger partial charge is 0.408 e. The van der Waals surface area contributed by atoms with Gasteiger partial charge in [-0.05, 0) is 100 Å². The van der Waals surface area contributed by atoms with E-state index in [2.05, 4.69) is 33.1 Å². The monoisotopic (exact) mass is 849 g/mol. The highest BCUT2D eigenvalue weighted by molar-refractivity contribution is 6.03. The molecule has 4 heterocycles. The van der Waals surface area contributed by atoms with E-state index in [1.54, 1.807) is 35.0 Å². The lowest BCUT2D eigenvalue weighted by Crippen LogP contribution is -2.57. The fourth-order valence-electron chi connectivity index (χ4n) is 8.53. The molecule has 0 radical (unpaired) electrons. The average Bonchev–Trinajstić information content (AvgIpc) is 3.99. The number of oxime groups is 2. The highest BCUT2D eigenvalue weighted by Gasteiger charge is 2.56. The van der Waals surface area contributed by atoms with Gasteiger partial charge < -0.3 is 48.9 Å². The van der Waals surface area contributed by atoms with Gasteiger partial charge in [0.2, 0.25) is 5.91 Å². The summed E-state index contributed by atoms with van der Waals surface area (Å²) in [6, 6.07) is 5.95. The first kappa shape index (κ1) is 46.7. The molecule has 2 amide bonds. The van der Waals surface area contributed by atoms with Crippen molar-refractivity contribution < 1.29 is 52.5 Å². The minimum Gasteiger partial charge on any atom is -0.496 e. The van der Waals surface area contributed by atoms with E-state index in [1.165, 1.54) is 19.1 Å². The number of amides is 2. The van der Waals surface area contributed by atoms with Crippen molar-refractivity contribution in [1.82, 2.24) is 15.5 Å². The summed E-state index contributed by atoms with van der Waals surface area (Å²) < 4.78 is 26.1. The Morgan fingerprint density at radius 2 is 1.23 bits per heavy atom. The zero-order chi connectivity index (χ0) is 45.2. The molecule has 0 saturated carbocycles. The summed E-state index contributed by atoms with van der Waals surface area (Å²) >= 11 is 0. The van der Waals surface area contributed by atoms with Crippen molar-refractivity contribution in [3.63, 3.8) is 0 Å². The third-order valence-electron chi connectivity index (χ3n) is 11.3. The molecule has 2 N–H and O–H groups in total. The molecule has 2 aromatic rings. The van der Waals surface area contributed by atoms with Gasteiger partial charge in [0.15, 0.2) is 11.2 Å². The van der Waals surface area contributed by atoms with Crippen LogP contribution in [0.2, 0.25) is 0 Å².